The van der Waals surface area contributed by atoms with Crippen LogP contribution in [0.1, 0.15) is 0 Å². The second kappa shape index (κ2) is 5.26. The summed E-state index contributed by atoms with van der Waals surface area (Å²) in [6.07, 6.45) is 3.18. The van der Waals surface area contributed by atoms with Gasteiger partial charge in [-0.3, -0.25) is 9.88 Å². The third-order valence-corrected chi connectivity index (χ3v) is 3.75. The van der Waals surface area contributed by atoms with Crippen LogP contribution in [0.25, 0.3) is 0 Å². The second-order valence-electron chi connectivity index (χ2n) is 3.88. The maximum Gasteiger partial charge on any atom is 0.327 e. The number of carbonyl (C=O) groups excluding carboxylic acids is 1. The van der Waals surface area contributed by atoms with Gasteiger partial charge in [-0.2, -0.15) is 0 Å². The number of hydrogen-bond donors (Lipinski definition) is 1. The third-order valence-electron chi connectivity index (χ3n) is 2.73. The number of carboxylic acid groups (broad SMARTS) is 1. The lowest BCUT2D eigenvalue weighted by Gasteiger charge is -2.26. The van der Waals surface area contributed by atoms with Gasteiger partial charge in [-0.25, -0.2) is 9.59 Å². The van der Waals surface area contributed by atoms with E-state index in [1.165, 1.54) is 21.6 Å². The van der Waals surface area contributed by atoms with E-state index in [2.05, 4.69) is 4.98 Å². The van der Waals surface area contributed by atoms with Gasteiger partial charge in [0.15, 0.2) is 0 Å². The van der Waals surface area contributed by atoms with E-state index in [1.54, 1.807) is 31.6 Å². The standard InChI is InChI=1S/C11H13N3O3S/c1-13(8-3-2-4-12-5-8)11(17)14-7-18-6-9(14)10(15)16/h2-5,9H,6-7H2,1H3,(H,15,16)/t9-/m0/s1. The van der Waals surface area contributed by atoms with E-state index in [0.29, 0.717) is 17.3 Å². The fraction of sp³-hybridized carbons (Fsp3) is 0.364. The van der Waals surface area contributed by atoms with Crippen molar-refractivity contribution < 1.29 is 14.7 Å². The third kappa shape index (κ3) is 2.40. The molecule has 1 aromatic heterocycles. The maximum absolute atomic E-state index is 12.2. The number of anilines is 1. The molecule has 0 aliphatic carbocycles. The summed E-state index contributed by atoms with van der Waals surface area (Å²) in [6, 6.07) is 2.41. The van der Waals surface area contributed by atoms with Crippen molar-refractivity contribution >= 4 is 29.4 Å². The number of rotatable bonds is 2. The molecule has 0 radical (unpaired) electrons. The minimum atomic E-state index is -0.965. The number of aliphatic carboxylic acids is 1. The SMILES string of the molecule is CN(C(=O)N1CSC[C@H]1C(=O)O)c1cccnc1. The number of carbonyl (C=O) groups is 2. The van der Waals surface area contributed by atoms with E-state index >= 15 is 0 Å². The average Bonchev–Trinajstić information content (AvgIpc) is 2.87. The summed E-state index contributed by atoms with van der Waals surface area (Å²) >= 11 is 1.44. The van der Waals surface area contributed by atoms with Gasteiger partial charge in [0.2, 0.25) is 0 Å². The molecule has 18 heavy (non-hydrogen) atoms. The van der Waals surface area contributed by atoms with Crippen LogP contribution < -0.4 is 4.90 Å². The lowest BCUT2D eigenvalue weighted by molar-refractivity contribution is -0.140. The molecule has 7 heteroatoms. The Bertz CT molecular complexity index is 454. The minimum Gasteiger partial charge on any atom is -0.480 e. The molecule has 1 fully saturated rings. The number of nitrogens with zero attached hydrogens (tertiary/aromatic N) is 3. The molecule has 1 atom stereocenters. The Morgan fingerprint density at radius 2 is 2.39 bits per heavy atom. The highest BCUT2D eigenvalue weighted by atomic mass is 32.2. The Balaban J connectivity index is 2.14. The zero-order chi connectivity index (χ0) is 13.1. The van der Waals surface area contributed by atoms with Crippen molar-refractivity contribution in [3.8, 4) is 0 Å². The molecule has 1 saturated heterocycles. The van der Waals surface area contributed by atoms with Gasteiger partial charge in [-0.05, 0) is 12.1 Å². The number of pyridine rings is 1. The monoisotopic (exact) mass is 267 g/mol. The van der Waals surface area contributed by atoms with Gasteiger partial charge < -0.3 is 10.0 Å². The summed E-state index contributed by atoms with van der Waals surface area (Å²) in [4.78, 5) is 30.0. The van der Waals surface area contributed by atoms with Crippen LogP contribution in [0, 0.1) is 0 Å². The molecule has 0 unspecified atom stereocenters. The summed E-state index contributed by atoms with van der Waals surface area (Å²) < 4.78 is 0. The zero-order valence-electron chi connectivity index (χ0n) is 9.81. The van der Waals surface area contributed by atoms with Crippen LogP contribution in [0.2, 0.25) is 0 Å². The van der Waals surface area contributed by atoms with Crippen LogP contribution in [-0.2, 0) is 4.79 Å². The predicted molar refractivity (Wildman–Crippen MR) is 68.6 cm³/mol. The lowest BCUT2D eigenvalue weighted by atomic mass is 10.3. The van der Waals surface area contributed by atoms with Gasteiger partial charge >= 0.3 is 12.0 Å². The molecule has 0 spiro atoms. The Kier molecular flexibility index (Phi) is 3.71. The molecular formula is C11H13N3O3S. The summed E-state index contributed by atoms with van der Waals surface area (Å²) in [5.41, 5.74) is 0.642. The van der Waals surface area contributed by atoms with E-state index in [0.717, 1.165) is 0 Å². The smallest absolute Gasteiger partial charge is 0.327 e. The van der Waals surface area contributed by atoms with E-state index in [4.69, 9.17) is 5.11 Å². The second-order valence-corrected chi connectivity index (χ2v) is 4.88. The molecule has 1 aliphatic heterocycles. The lowest BCUT2D eigenvalue weighted by Crippen LogP contribution is -2.47. The first-order chi connectivity index (χ1) is 8.61. The highest BCUT2D eigenvalue weighted by Gasteiger charge is 2.36. The highest BCUT2D eigenvalue weighted by molar-refractivity contribution is 7.99. The number of hydrogen-bond acceptors (Lipinski definition) is 4. The van der Waals surface area contributed by atoms with Crippen LogP contribution >= 0.6 is 11.8 Å². The van der Waals surface area contributed by atoms with Gasteiger partial charge in [-0.1, -0.05) is 0 Å². The molecule has 96 valence electrons. The van der Waals surface area contributed by atoms with Crippen LogP contribution in [0.5, 0.6) is 0 Å². The van der Waals surface area contributed by atoms with Crippen LogP contribution in [-0.4, -0.2) is 51.7 Å². The van der Waals surface area contributed by atoms with E-state index in [1.807, 2.05) is 0 Å². The molecule has 1 aromatic rings. The molecular weight excluding hydrogens is 254 g/mol. The summed E-state index contributed by atoms with van der Waals surface area (Å²) in [7, 11) is 1.61. The summed E-state index contributed by atoms with van der Waals surface area (Å²) in [5, 5.41) is 9.05. The molecule has 0 saturated carbocycles. The number of thioether (sulfide) groups is 1. The van der Waals surface area contributed by atoms with Crippen molar-refractivity contribution in [2.24, 2.45) is 0 Å². The normalized spacial score (nSPS) is 18.7. The molecule has 2 rings (SSSR count). The summed E-state index contributed by atoms with van der Waals surface area (Å²) in [5.74, 6) is -0.129. The fourth-order valence-corrected chi connectivity index (χ4v) is 2.83. The van der Waals surface area contributed by atoms with Crippen molar-refractivity contribution in [1.82, 2.24) is 9.88 Å². The Morgan fingerprint density at radius 1 is 1.61 bits per heavy atom. The van der Waals surface area contributed by atoms with Crippen molar-refractivity contribution in [1.29, 1.82) is 0 Å². The first-order valence-electron chi connectivity index (χ1n) is 5.36. The van der Waals surface area contributed by atoms with Crippen LogP contribution in [0.3, 0.4) is 0 Å². The predicted octanol–water partition coefficient (Wildman–Crippen LogP) is 1.10. The number of aromatic nitrogens is 1. The van der Waals surface area contributed by atoms with Crippen molar-refractivity contribution in [2.75, 3.05) is 23.6 Å². The van der Waals surface area contributed by atoms with Gasteiger partial charge in [0.1, 0.15) is 6.04 Å². The highest BCUT2D eigenvalue weighted by Crippen LogP contribution is 2.23. The number of amides is 2. The molecule has 2 amide bonds. The maximum atomic E-state index is 12.2. The van der Waals surface area contributed by atoms with Gasteiger partial charge in [0.25, 0.3) is 0 Å². The fourth-order valence-electron chi connectivity index (χ4n) is 1.69. The summed E-state index contributed by atoms with van der Waals surface area (Å²) in [6.45, 7) is 0. The van der Waals surface area contributed by atoms with Crippen molar-refractivity contribution in [2.45, 2.75) is 6.04 Å². The van der Waals surface area contributed by atoms with E-state index in [9.17, 15) is 9.59 Å². The quantitative estimate of drug-likeness (QED) is 0.868. The topological polar surface area (TPSA) is 73.7 Å². The molecule has 0 aromatic carbocycles. The number of carboxylic acids is 1. The Labute approximate surface area is 109 Å². The molecule has 0 bridgehead atoms. The Morgan fingerprint density at radius 3 is 3.00 bits per heavy atom. The molecule has 1 N–H and O–H groups in total. The van der Waals surface area contributed by atoms with Crippen LogP contribution in [0.4, 0.5) is 10.5 Å². The van der Waals surface area contributed by atoms with E-state index in [-0.39, 0.29) is 6.03 Å². The molecule has 1 aliphatic rings. The molecule has 6 nitrogen and oxygen atoms in total. The first-order valence-corrected chi connectivity index (χ1v) is 6.51. The van der Waals surface area contributed by atoms with E-state index < -0.39 is 12.0 Å². The van der Waals surface area contributed by atoms with Crippen molar-refractivity contribution in [3.05, 3.63) is 24.5 Å². The average molecular weight is 267 g/mol. The van der Waals surface area contributed by atoms with Gasteiger partial charge in [0, 0.05) is 19.0 Å². The van der Waals surface area contributed by atoms with Gasteiger partial charge in [0.05, 0.1) is 17.8 Å². The largest absolute Gasteiger partial charge is 0.480 e. The minimum absolute atomic E-state index is 0.319. The van der Waals surface area contributed by atoms with Crippen molar-refractivity contribution in [3.63, 3.8) is 0 Å². The van der Waals surface area contributed by atoms with Crippen LogP contribution in [0.15, 0.2) is 24.5 Å². The molecule has 2 heterocycles. The van der Waals surface area contributed by atoms with Gasteiger partial charge in [-0.15, -0.1) is 11.8 Å². The Hall–Kier alpha value is -1.76. The zero-order valence-corrected chi connectivity index (χ0v) is 10.6. The number of urea groups is 1. The first kappa shape index (κ1) is 12.7.